The van der Waals surface area contributed by atoms with Crippen molar-refractivity contribution >= 4 is 22.6 Å². The van der Waals surface area contributed by atoms with Gasteiger partial charge in [0.25, 0.3) is 0 Å². The number of hydrogen-bond donors (Lipinski definition) is 1. The topological polar surface area (TPSA) is 69.0 Å². The maximum Gasteiger partial charge on any atom is 0.217 e. The van der Waals surface area contributed by atoms with Crippen LogP contribution in [0.3, 0.4) is 0 Å². The fourth-order valence-corrected chi connectivity index (χ4v) is 3.00. The predicted molar refractivity (Wildman–Crippen MR) is 85.5 cm³/mol. The molecule has 1 atom stereocenters. The molecule has 1 fully saturated rings. The Labute approximate surface area is 129 Å². The van der Waals surface area contributed by atoms with Crippen LogP contribution in [0.15, 0.2) is 30.3 Å². The lowest BCUT2D eigenvalue weighted by Crippen LogP contribution is -2.47. The third-order valence-corrected chi connectivity index (χ3v) is 3.95. The zero-order valence-electron chi connectivity index (χ0n) is 12.5. The number of hydrogen-bond acceptors (Lipinski definition) is 4. The summed E-state index contributed by atoms with van der Waals surface area (Å²) in [7, 11) is 0. The number of piperidine rings is 1. The summed E-state index contributed by atoms with van der Waals surface area (Å²) in [6.07, 6.45) is 1.94. The average molecular weight is 294 g/mol. The van der Waals surface area contributed by atoms with E-state index in [9.17, 15) is 10.1 Å². The fraction of sp³-hybridized carbons (Fsp3) is 0.353. The van der Waals surface area contributed by atoms with Crippen molar-refractivity contribution in [3.63, 3.8) is 0 Å². The Morgan fingerprint density at radius 2 is 2.27 bits per heavy atom. The highest BCUT2D eigenvalue weighted by Crippen LogP contribution is 2.25. The molecular formula is C17H18N4O. The Kier molecular flexibility index (Phi) is 3.92. The summed E-state index contributed by atoms with van der Waals surface area (Å²) in [6.45, 7) is 3.09. The van der Waals surface area contributed by atoms with Crippen molar-refractivity contribution in [1.29, 1.82) is 5.26 Å². The molecule has 2 heterocycles. The third kappa shape index (κ3) is 2.86. The van der Waals surface area contributed by atoms with Gasteiger partial charge in [-0.05, 0) is 25.0 Å². The van der Waals surface area contributed by atoms with Gasteiger partial charge in [-0.25, -0.2) is 4.98 Å². The molecule has 0 saturated carbocycles. The molecule has 0 bridgehead atoms. The van der Waals surface area contributed by atoms with Gasteiger partial charge < -0.3 is 10.2 Å². The van der Waals surface area contributed by atoms with Gasteiger partial charge in [-0.1, -0.05) is 18.2 Å². The van der Waals surface area contributed by atoms with Crippen LogP contribution < -0.4 is 10.2 Å². The molecule has 1 aliphatic heterocycles. The van der Waals surface area contributed by atoms with Crippen LogP contribution in [0.25, 0.3) is 10.9 Å². The summed E-state index contributed by atoms with van der Waals surface area (Å²) in [5, 5.41) is 13.4. The SMILES string of the molecule is CC(=O)NC1CCCN(c2nc3ccccc3cc2C#N)C1. The van der Waals surface area contributed by atoms with Crippen molar-refractivity contribution in [3.05, 3.63) is 35.9 Å². The molecular weight excluding hydrogens is 276 g/mol. The number of pyridine rings is 1. The summed E-state index contributed by atoms with van der Waals surface area (Å²) in [6, 6.07) is 12.1. The first kappa shape index (κ1) is 14.3. The number of fused-ring (bicyclic) bond motifs is 1. The first-order chi connectivity index (χ1) is 10.7. The Morgan fingerprint density at radius 3 is 3.05 bits per heavy atom. The molecule has 2 aromatic rings. The Bertz CT molecular complexity index is 750. The van der Waals surface area contributed by atoms with Crippen LogP contribution in [0.1, 0.15) is 25.3 Å². The Balaban J connectivity index is 1.94. The van der Waals surface area contributed by atoms with E-state index in [1.54, 1.807) is 0 Å². The molecule has 0 radical (unpaired) electrons. The van der Waals surface area contributed by atoms with Crippen LogP contribution in [0.5, 0.6) is 0 Å². The van der Waals surface area contributed by atoms with E-state index in [-0.39, 0.29) is 11.9 Å². The third-order valence-electron chi connectivity index (χ3n) is 3.95. The average Bonchev–Trinajstić information content (AvgIpc) is 2.53. The number of amides is 1. The zero-order valence-corrected chi connectivity index (χ0v) is 12.5. The summed E-state index contributed by atoms with van der Waals surface area (Å²) < 4.78 is 0. The lowest BCUT2D eigenvalue weighted by atomic mass is 10.0. The molecule has 1 aromatic carbocycles. The number of nitrogens with zero attached hydrogens (tertiary/aromatic N) is 3. The highest BCUT2D eigenvalue weighted by molar-refractivity contribution is 5.83. The van der Waals surface area contributed by atoms with E-state index >= 15 is 0 Å². The van der Waals surface area contributed by atoms with Crippen molar-refractivity contribution < 1.29 is 4.79 Å². The van der Waals surface area contributed by atoms with Gasteiger partial charge in [0.1, 0.15) is 11.9 Å². The molecule has 112 valence electrons. The number of carbonyl (C=O) groups is 1. The number of anilines is 1. The first-order valence-corrected chi connectivity index (χ1v) is 7.49. The van der Waals surface area contributed by atoms with Crippen LogP contribution in [-0.2, 0) is 4.79 Å². The number of para-hydroxylation sites is 1. The molecule has 1 unspecified atom stereocenters. The van der Waals surface area contributed by atoms with Crippen molar-refractivity contribution in [2.75, 3.05) is 18.0 Å². The highest BCUT2D eigenvalue weighted by atomic mass is 16.1. The summed E-state index contributed by atoms with van der Waals surface area (Å²) in [5.74, 6) is 0.704. The number of rotatable bonds is 2. The molecule has 5 nitrogen and oxygen atoms in total. The molecule has 5 heteroatoms. The minimum Gasteiger partial charge on any atom is -0.353 e. The van der Waals surface area contributed by atoms with E-state index in [2.05, 4.69) is 21.3 Å². The minimum atomic E-state index is -0.0150. The number of nitrogens with one attached hydrogen (secondary N) is 1. The minimum absolute atomic E-state index is 0.0150. The molecule has 1 aromatic heterocycles. The quantitative estimate of drug-likeness (QED) is 0.922. The van der Waals surface area contributed by atoms with Crippen LogP contribution in [-0.4, -0.2) is 30.0 Å². The van der Waals surface area contributed by atoms with Crippen LogP contribution in [0.4, 0.5) is 5.82 Å². The maximum absolute atomic E-state index is 11.3. The molecule has 1 aliphatic rings. The van der Waals surface area contributed by atoms with E-state index in [1.165, 1.54) is 6.92 Å². The van der Waals surface area contributed by atoms with Gasteiger partial charge in [0.15, 0.2) is 0 Å². The van der Waals surface area contributed by atoms with Crippen LogP contribution in [0.2, 0.25) is 0 Å². The molecule has 1 N–H and O–H groups in total. The van der Waals surface area contributed by atoms with Gasteiger partial charge >= 0.3 is 0 Å². The second kappa shape index (κ2) is 6.02. The molecule has 3 rings (SSSR count). The highest BCUT2D eigenvalue weighted by Gasteiger charge is 2.23. The normalized spacial score (nSPS) is 18.0. The smallest absolute Gasteiger partial charge is 0.217 e. The Hall–Kier alpha value is -2.61. The Morgan fingerprint density at radius 1 is 1.45 bits per heavy atom. The van der Waals surface area contributed by atoms with E-state index in [1.807, 2.05) is 30.3 Å². The van der Waals surface area contributed by atoms with Gasteiger partial charge in [0.2, 0.25) is 5.91 Å². The molecule has 0 spiro atoms. The van der Waals surface area contributed by atoms with Crippen molar-refractivity contribution in [2.24, 2.45) is 0 Å². The molecule has 1 amide bonds. The van der Waals surface area contributed by atoms with E-state index < -0.39 is 0 Å². The number of nitriles is 1. The monoisotopic (exact) mass is 294 g/mol. The van der Waals surface area contributed by atoms with Gasteiger partial charge in [-0.2, -0.15) is 5.26 Å². The van der Waals surface area contributed by atoms with Crippen molar-refractivity contribution in [1.82, 2.24) is 10.3 Å². The van der Waals surface area contributed by atoms with Gasteiger partial charge in [-0.15, -0.1) is 0 Å². The standard InChI is InChI=1S/C17H18N4O/c1-12(22)19-15-6-4-8-21(11-15)17-14(10-18)9-13-5-2-3-7-16(13)20-17/h2-3,5,7,9,15H,4,6,8,11H2,1H3,(H,19,22). The van der Waals surface area contributed by atoms with Crippen molar-refractivity contribution in [2.45, 2.75) is 25.8 Å². The van der Waals surface area contributed by atoms with E-state index in [4.69, 9.17) is 0 Å². The lowest BCUT2D eigenvalue weighted by Gasteiger charge is -2.34. The summed E-state index contributed by atoms with van der Waals surface area (Å²) in [5.41, 5.74) is 1.47. The fourth-order valence-electron chi connectivity index (χ4n) is 3.00. The lowest BCUT2D eigenvalue weighted by molar-refractivity contribution is -0.119. The van der Waals surface area contributed by atoms with Crippen LogP contribution >= 0.6 is 0 Å². The zero-order chi connectivity index (χ0) is 15.5. The number of carbonyl (C=O) groups excluding carboxylic acids is 1. The largest absolute Gasteiger partial charge is 0.353 e. The van der Waals surface area contributed by atoms with Gasteiger partial charge in [0.05, 0.1) is 11.1 Å². The predicted octanol–water partition coefficient (Wildman–Crippen LogP) is 2.21. The molecule has 1 saturated heterocycles. The molecule has 22 heavy (non-hydrogen) atoms. The molecule has 0 aliphatic carbocycles. The number of aromatic nitrogens is 1. The van der Waals surface area contributed by atoms with Gasteiger partial charge in [0, 0.05) is 31.4 Å². The second-order valence-electron chi connectivity index (χ2n) is 5.65. The van der Waals surface area contributed by atoms with Gasteiger partial charge in [-0.3, -0.25) is 4.79 Å². The van der Waals surface area contributed by atoms with E-state index in [0.717, 1.165) is 36.1 Å². The van der Waals surface area contributed by atoms with Crippen LogP contribution in [0, 0.1) is 11.3 Å². The maximum atomic E-state index is 11.3. The summed E-state index contributed by atoms with van der Waals surface area (Å²) in [4.78, 5) is 18.0. The number of benzene rings is 1. The van der Waals surface area contributed by atoms with E-state index in [0.29, 0.717) is 12.1 Å². The first-order valence-electron chi connectivity index (χ1n) is 7.49. The second-order valence-corrected chi connectivity index (χ2v) is 5.65. The summed E-state index contributed by atoms with van der Waals surface area (Å²) >= 11 is 0. The van der Waals surface area contributed by atoms with Crippen molar-refractivity contribution in [3.8, 4) is 6.07 Å².